The predicted octanol–water partition coefficient (Wildman–Crippen LogP) is 24.6. The van der Waals surface area contributed by atoms with Crippen molar-refractivity contribution in [3.8, 4) is 0 Å². The summed E-state index contributed by atoms with van der Waals surface area (Å²) in [7, 11) is 0. The summed E-state index contributed by atoms with van der Waals surface area (Å²) in [5.41, 5.74) is 0. The molecule has 0 saturated carbocycles. The Hall–Kier alpha value is -3.41. The van der Waals surface area contributed by atoms with Crippen LogP contribution in [0.4, 0.5) is 0 Å². The molecule has 0 heterocycles. The maximum atomic E-state index is 12.9. The molecule has 0 radical (unpaired) electrons. The number of carbonyl (C=O) groups excluding carboxylic acids is 3. The van der Waals surface area contributed by atoms with E-state index in [1.54, 1.807) is 0 Å². The second kappa shape index (κ2) is 70.1. The Morgan fingerprint density at radius 3 is 0.744 bits per heavy atom. The standard InChI is InChI=1S/C76H134O6/c1-4-7-10-13-16-19-22-25-28-30-32-33-34-35-36-37-38-39-40-41-42-43-44-46-48-51-54-57-60-63-66-69-75(78)81-72-73(71-80-74(77)68-65-62-59-56-53-50-47-27-24-21-18-15-12-9-6-3)82-76(79)70-67-64-61-58-55-52-49-45-31-29-26-23-20-17-14-11-8-5-2/h7,10,16,19,25,28,32-33,35-36,38-39,41-42,73H,4-6,8-9,11-15,17-18,20-24,26-27,29-31,34,37,40,43-72H2,1-3H3/b10-7-,19-16-,28-25-,33-32-,36-35-,39-38-,42-41-. The van der Waals surface area contributed by atoms with E-state index < -0.39 is 6.10 Å². The van der Waals surface area contributed by atoms with Gasteiger partial charge in [-0.2, -0.15) is 0 Å². The molecule has 0 amide bonds. The van der Waals surface area contributed by atoms with Gasteiger partial charge in [0.1, 0.15) is 13.2 Å². The van der Waals surface area contributed by atoms with Crippen LogP contribution in [0.25, 0.3) is 0 Å². The van der Waals surface area contributed by atoms with Gasteiger partial charge in [0.05, 0.1) is 0 Å². The minimum atomic E-state index is -0.777. The van der Waals surface area contributed by atoms with Crippen molar-refractivity contribution in [2.45, 2.75) is 367 Å². The Kier molecular flexibility index (Phi) is 67.2. The number of hydrogen-bond donors (Lipinski definition) is 0. The summed E-state index contributed by atoms with van der Waals surface area (Å²) >= 11 is 0. The molecule has 474 valence electrons. The van der Waals surface area contributed by atoms with E-state index in [2.05, 4.69) is 106 Å². The fraction of sp³-hybridized carbons (Fsp3) is 0.776. The zero-order valence-corrected chi connectivity index (χ0v) is 54.5. The van der Waals surface area contributed by atoms with Crippen LogP contribution in [0.1, 0.15) is 361 Å². The molecule has 82 heavy (non-hydrogen) atoms. The molecule has 0 rings (SSSR count). The average molecular weight is 1140 g/mol. The van der Waals surface area contributed by atoms with Crippen LogP contribution in [-0.4, -0.2) is 37.2 Å². The highest BCUT2D eigenvalue weighted by Crippen LogP contribution is 2.18. The van der Waals surface area contributed by atoms with Crippen LogP contribution >= 0.6 is 0 Å². The monoisotopic (exact) mass is 1140 g/mol. The lowest BCUT2D eigenvalue weighted by atomic mass is 10.0. The maximum absolute atomic E-state index is 12.9. The third-order valence-corrected chi connectivity index (χ3v) is 15.7. The van der Waals surface area contributed by atoms with Gasteiger partial charge in [0.25, 0.3) is 0 Å². The van der Waals surface area contributed by atoms with Crippen LogP contribution < -0.4 is 0 Å². The van der Waals surface area contributed by atoms with E-state index in [4.69, 9.17) is 14.2 Å². The highest BCUT2D eigenvalue weighted by atomic mass is 16.6. The maximum Gasteiger partial charge on any atom is 0.306 e. The molecule has 0 aromatic carbocycles. The number of rotatable bonds is 65. The summed E-state index contributed by atoms with van der Waals surface area (Å²) in [4.78, 5) is 38.4. The Balaban J connectivity index is 4.28. The van der Waals surface area contributed by atoms with Gasteiger partial charge in [-0.05, 0) is 77.0 Å². The molecule has 6 nitrogen and oxygen atoms in total. The number of ether oxygens (including phenoxy) is 3. The SMILES string of the molecule is CC/C=C\C/C=C\C/C=C\C/C=C\C/C=C\C/C=C\C/C=C\CCCCCCCCCCCC(=O)OCC(COC(=O)CCCCCCCCCCCCCCCCC)OC(=O)CCCCCCCCCCCCCCCCCCCC. The van der Waals surface area contributed by atoms with Gasteiger partial charge < -0.3 is 14.2 Å². The second-order valence-electron chi connectivity index (χ2n) is 23.8. The fourth-order valence-electron chi connectivity index (χ4n) is 10.4. The predicted molar refractivity (Wildman–Crippen MR) is 358 cm³/mol. The first-order valence-electron chi connectivity index (χ1n) is 35.6. The zero-order chi connectivity index (χ0) is 59.2. The molecule has 0 spiro atoms. The first-order chi connectivity index (χ1) is 40.5. The van der Waals surface area contributed by atoms with E-state index in [-0.39, 0.29) is 31.1 Å². The van der Waals surface area contributed by atoms with Crippen LogP contribution in [0.2, 0.25) is 0 Å². The van der Waals surface area contributed by atoms with Crippen LogP contribution in [-0.2, 0) is 28.6 Å². The van der Waals surface area contributed by atoms with Crippen molar-refractivity contribution in [3.63, 3.8) is 0 Å². The van der Waals surface area contributed by atoms with Gasteiger partial charge in [0.2, 0.25) is 0 Å². The summed E-state index contributed by atoms with van der Waals surface area (Å²) in [6.07, 6.45) is 93.2. The smallest absolute Gasteiger partial charge is 0.306 e. The molecular formula is C76H134O6. The molecule has 0 aromatic heterocycles. The molecule has 0 saturated heterocycles. The second-order valence-corrected chi connectivity index (χ2v) is 23.8. The molecule has 0 bridgehead atoms. The van der Waals surface area contributed by atoms with Crippen molar-refractivity contribution in [1.82, 2.24) is 0 Å². The lowest BCUT2D eigenvalue weighted by Crippen LogP contribution is -2.30. The highest BCUT2D eigenvalue weighted by Gasteiger charge is 2.19. The summed E-state index contributed by atoms with van der Waals surface area (Å²) in [5, 5.41) is 0. The Bertz CT molecular complexity index is 1550. The van der Waals surface area contributed by atoms with E-state index in [1.807, 2.05) is 0 Å². The molecule has 6 heteroatoms. The van der Waals surface area contributed by atoms with E-state index in [0.717, 1.165) is 109 Å². The summed E-state index contributed by atoms with van der Waals surface area (Å²) in [5.74, 6) is -0.855. The van der Waals surface area contributed by atoms with E-state index in [9.17, 15) is 14.4 Å². The molecule has 1 unspecified atom stereocenters. The molecule has 0 aliphatic heterocycles. The van der Waals surface area contributed by atoms with Crippen LogP contribution in [0.5, 0.6) is 0 Å². The van der Waals surface area contributed by atoms with E-state index in [0.29, 0.717) is 19.3 Å². The van der Waals surface area contributed by atoms with Crippen LogP contribution in [0.15, 0.2) is 85.1 Å². The number of hydrogen-bond acceptors (Lipinski definition) is 6. The molecule has 0 fully saturated rings. The quantitative estimate of drug-likeness (QED) is 0.0261. The molecule has 0 N–H and O–H groups in total. The lowest BCUT2D eigenvalue weighted by molar-refractivity contribution is -0.167. The van der Waals surface area contributed by atoms with E-state index in [1.165, 1.54) is 212 Å². The van der Waals surface area contributed by atoms with Crippen LogP contribution in [0, 0.1) is 0 Å². The van der Waals surface area contributed by atoms with Crippen molar-refractivity contribution >= 4 is 17.9 Å². The van der Waals surface area contributed by atoms with Crippen LogP contribution in [0.3, 0.4) is 0 Å². The first-order valence-corrected chi connectivity index (χ1v) is 35.6. The first kappa shape index (κ1) is 78.6. The summed E-state index contributed by atoms with van der Waals surface area (Å²) in [6, 6.07) is 0. The Morgan fingerprint density at radius 2 is 0.476 bits per heavy atom. The lowest BCUT2D eigenvalue weighted by Gasteiger charge is -2.18. The van der Waals surface area contributed by atoms with Gasteiger partial charge in [-0.3, -0.25) is 14.4 Å². The number of unbranched alkanes of at least 4 members (excludes halogenated alkanes) is 40. The van der Waals surface area contributed by atoms with Gasteiger partial charge in [-0.1, -0.05) is 350 Å². The minimum Gasteiger partial charge on any atom is -0.462 e. The minimum absolute atomic E-state index is 0.0719. The average Bonchev–Trinajstić information content (AvgIpc) is 3.47. The highest BCUT2D eigenvalue weighted by molar-refractivity contribution is 5.71. The van der Waals surface area contributed by atoms with Gasteiger partial charge in [-0.25, -0.2) is 0 Å². The van der Waals surface area contributed by atoms with Crippen molar-refractivity contribution in [2.75, 3.05) is 13.2 Å². The zero-order valence-electron chi connectivity index (χ0n) is 54.5. The molecule has 1 atom stereocenters. The van der Waals surface area contributed by atoms with Crippen molar-refractivity contribution in [3.05, 3.63) is 85.1 Å². The van der Waals surface area contributed by atoms with Gasteiger partial charge in [0.15, 0.2) is 6.10 Å². The number of carbonyl (C=O) groups is 3. The van der Waals surface area contributed by atoms with Crippen molar-refractivity contribution < 1.29 is 28.6 Å². The topological polar surface area (TPSA) is 78.9 Å². The van der Waals surface area contributed by atoms with Crippen molar-refractivity contribution in [1.29, 1.82) is 0 Å². The Morgan fingerprint density at radius 1 is 0.256 bits per heavy atom. The normalized spacial score (nSPS) is 12.6. The summed E-state index contributed by atoms with van der Waals surface area (Å²) in [6.45, 7) is 6.58. The number of esters is 3. The number of allylic oxidation sites excluding steroid dienone is 14. The van der Waals surface area contributed by atoms with E-state index >= 15 is 0 Å². The van der Waals surface area contributed by atoms with Gasteiger partial charge >= 0.3 is 17.9 Å². The largest absolute Gasteiger partial charge is 0.462 e. The molecule has 0 aliphatic rings. The molecule has 0 aromatic rings. The molecular weight excluding hydrogens is 1010 g/mol. The van der Waals surface area contributed by atoms with Crippen molar-refractivity contribution in [2.24, 2.45) is 0 Å². The Labute approximate surface area is 509 Å². The third kappa shape index (κ3) is 67.4. The third-order valence-electron chi connectivity index (χ3n) is 15.7. The van der Waals surface area contributed by atoms with Gasteiger partial charge in [-0.15, -0.1) is 0 Å². The summed E-state index contributed by atoms with van der Waals surface area (Å²) < 4.78 is 17.0. The molecule has 0 aliphatic carbocycles. The van der Waals surface area contributed by atoms with Gasteiger partial charge in [0, 0.05) is 19.3 Å². The fourth-order valence-corrected chi connectivity index (χ4v) is 10.4.